The first-order valence-corrected chi connectivity index (χ1v) is 11.5. The van der Waals surface area contributed by atoms with Crippen LogP contribution < -0.4 is 4.74 Å². The molecule has 0 radical (unpaired) electrons. The van der Waals surface area contributed by atoms with Crippen LogP contribution in [0.4, 0.5) is 4.39 Å². The molecule has 3 aromatic carbocycles. The maximum absolute atomic E-state index is 13.5. The predicted octanol–water partition coefficient (Wildman–Crippen LogP) is 5.48. The molecular weight excluding hydrogens is 453 g/mol. The quantitative estimate of drug-likeness (QED) is 0.276. The Kier molecular flexibility index (Phi) is 6.35. The third-order valence-electron chi connectivity index (χ3n) is 5.12. The van der Waals surface area contributed by atoms with Gasteiger partial charge < -0.3 is 9.26 Å². The van der Waals surface area contributed by atoms with Crippen LogP contribution in [0.25, 0.3) is 22.8 Å². The Morgan fingerprint density at radius 3 is 2.56 bits per heavy atom. The van der Waals surface area contributed by atoms with Crippen LogP contribution in [0.1, 0.15) is 11.5 Å². The monoisotopic (exact) mass is 473 g/mol. The van der Waals surface area contributed by atoms with Crippen molar-refractivity contribution < 1.29 is 13.7 Å². The van der Waals surface area contributed by atoms with E-state index >= 15 is 0 Å². The number of thioether (sulfide) groups is 1. The van der Waals surface area contributed by atoms with Crippen molar-refractivity contribution in [2.24, 2.45) is 0 Å². The van der Waals surface area contributed by atoms with Gasteiger partial charge in [-0.15, -0.1) is 10.2 Å². The highest BCUT2D eigenvalue weighted by Crippen LogP contribution is 2.28. The van der Waals surface area contributed by atoms with Gasteiger partial charge >= 0.3 is 0 Å². The normalized spacial score (nSPS) is 11.0. The molecular formula is C25H20FN5O2S. The maximum atomic E-state index is 13.5. The van der Waals surface area contributed by atoms with Crippen molar-refractivity contribution >= 4 is 11.8 Å². The maximum Gasteiger partial charge on any atom is 0.237 e. The van der Waals surface area contributed by atoms with Crippen molar-refractivity contribution in [3.63, 3.8) is 0 Å². The molecule has 0 saturated carbocycles. The Bertz CT molecular complexity index is 1390. The van der Waals surface area contributed by atoms with Gasteiger partial charge in [-0.3, -0.25) is 4.57 Å². The third kappa shape index (κ3) is 4.84. The smallest absolute Gasteiger partial charge is 0.237 e. The number of aromatic nitrogens is 5. The molecule has 7 nitrogen and oxygen atoms in total. The summed E-state index contributed by atoms with van der Waals surface area (Å²) in [5.74, 6) is 2.48. The van der Waals surface area contributed by atoms with E-state index in [4.69, 9.17) is 9.26 Å². The molecule has 0 aliphatic carbocycles. The average molecular weight is 474 g/mol. The molecule has 0 N–H and O–H groups in total. The van der Waals surface area contributed by atoms with Gasteiger partial charge in [0.05, 0.1) is 19.4 Å². The highest BCUT2D eigenvalue weighted by molar-refractivity contribution is 7.98. The largest absolute Gasteiger partial charge is 0.497 e. The fourth-order valence-corrected chi connectivity index (χ4v) is 4.21. The number of methoxy groups -OCH3 is 1. The zero-order valence-electron chi connectivity index (χ0n) is 18.3. The summed E-state index contributed by atoms with van der Waals surface area (Å²) < 4.78 is 26.2. The van der Waals surface area contributed by atoms with E-state index in [0.29, 0.717) is 35.0 Å². The second-order valence-electron chi connectivity index (χ2n) is 7.42. The first kappa shape index (κ1) is 21.8. The SMILES string of the molecule is COc1cccc(-c2noc(CSc3nnc(-c4ccc(F)cc4)n3Cc3ccccc3)n2)c1. The minimum Gasteiger partial charge on any atom is -0.497 e. The Hall–Kier alpha value is -3.98. The molecule has 0 aliphatic rings. The van der Waals surface area contributed by atoms with Crippen molar-refractivity contribution in [3.8, 4) is 28.5 Å². The number of hydrogen-bond donors (Lipinski definition) is 0. The van der Waals surface area contributed by atoms with E-state index in [1.807, 2.05) is 59.2 Å². The topological polar surface area (TPSA) is 78.9 Å². The summed E-state index contributed by atoms with van der Waals surface area (Å²) >= 11 is 1.45. The summed E-state index contributed by atoms with van der Waals surface area (Å²) in [7, 11) is 1.61. The molecule has 0 aliphatic heterocycles. The highest BCUT2D eigenvalue weighted by Gasteiger charge is 2.17. The number of hydrogen-bond acceptors (Lipinski definition) is 7. The Morgan fingerprint density at radius 2 is 1.76 bits per heavy atom. The first-order valence-electron chi connectivity index (χ1n) is 10.5. The molecule has 5 rings (SSSR count). The van der Waals surface area contributed by atoms with E-state index in [2.05, 4.69) is 20.3 Å². The lowest BCUT2D eigenvalue weighted by Gasteiger charge is -2.10. The van der Waals surface area contributed by atoms with Crippen molar-refractivity contribution in [3.05, 3.63) is 96.1 Å². The van der Waals surface area contributed by atoms with Gasteiger partial charge in [0.1, 0.15) is 11.6 Å². The van der Waals surface area contributed by atoms with Crippen LogP contribution >= 0.6 is 11.8 Å². The summed E-state index contributed by atoms with van der Waals surface area (Å²) in [4.78, 5) is 4.51. The minimum absolute atomic E-state index is 0.296. The molecule has 0 atom stereocenters. The molecule has 5 aromatic rings. The van der Waals surface area contributed by atoms with E-state index in [-0.39, 0.29) is 5.82 Å². The molecule has 0 fully saturated rings. The number of ether oxygens (including phenoxy) is 1. The Morgan fingerprint density at radius 1 is 0.941 bits per heavy atom. The van der Waals surface area contributed by atoms with Crippen LogP contribution in [-0.2, 0) is 12.3 Å². The molecule has 0 bridgehead atoms. The van der Waals surface area contributed by atoms with E-state index in [0.717, 1.165) is 22.4 Å². The molecule has 34 heavy (non-hydrogen) atoms. The first-order chi connectivity index (χ1) is 16.7. The van der Waals surface area contributed by atoms with E-state index in [9.17, 15) is 4.39 Å². The highest BCUT2D eigenvalue weighted by atomic mass is 32.2. The third-order valence-corrected chi connectivity index (χ3v) is 6.08. The molecule has 0 unspecified atom stereocenters. The molecule has 2 aromatic heterocycles. The van der Waals surface area contributed by atoms with E-state index in [1.165, 1.54) is 23.9 Å². The van der Waals surface area contributed by atoms with Gasteiger partial charge in [-0.2, -0.15) is 4.98 Å². The van der Waals surface area contributed by atoms with Crippen molar-refractivity contribution in [2.75, 3.05) is 7.11 Å². The van der Waals surface area contributed by atoms with Crippen molar-refractivity contribution in [1.29, 1.82) is 0 Å². The fraction of sp³-hybridized carbons (Fsp3) is 0.120. The van der Waals surface area contributed by atoms with Gasteiger partial charge in [0.15, 0.2) is 11.0 Å². The second kappa shape index (κ2) is 9.88. The number of benzene rings is 3. The molecule has 0 spiro atoms. The van der Waals surface area contributed by atoms with Gasteiger partial charge in [-0.1, -0.05) is 59.4 Å². The lowest BCUT2D eigenvalue weighted by atomic mass is 10.2. The summed E-state index contributed by atoms with van der Waals surface area (Å²) in [6.07, 6.45) is 0. The zero-order valence-corrected chi connectivity index (χ0v) is 19.1. The molecule has 170 valence electrons. The van der Waals surface area contributed by atoms with Crippen LogP contribution in [0.3, 0.4) is 0 Å². The molecule has 2 heterocycles. The zero-order chi connectivity index (χ0) is 23.3. The van der Waals surface area contributed by atoms with Crippen molar-refractivity contribution in [1.82, 2.24) is 24.9 Å². The van der Waals surface area contributed by atoms with Crippen LogP contribution in [-0.4, -0.2) is 32.0 Å². The van der Waals surface area contributed by atoms with Crippen LogP contribution in [0.2, 0.25) is 0 Å². The molecule has 9 heteroatoms. The number of nitrogens with zero attached hydrogens (tertiary/aromatic N) is 5. The summed E-state index contributed by atoms with van der Waals surface area (Å²) in [6, 6.07) is 23.8. The summed E-state index contributed by atoms with van der Waals surface area (Å²) in [5, 5.41) is 13.6. The van der Waals surface area contributed by atoms with Gasteiger partial charge in [0.25, 0.3) is 0 Å². The Balaban J connectivity index is 1.39. The average Bonchev–Trinajstić information content (AvgIpc) is 3.51. The van der Waals surface area contributed by atoms with Crippen molar-refractivity contribution in [2.45, 2.75) is 17.5 Å². The lowest BCUT2D eigenvalue weighted by Crippen LogP contribution is -2.04. The van der Waals surface area contributed by atoms with Crippen LogP contribution in [0, 0.1) is 5.82 Å². The van der Waals surface area contributed by atoms with E-state index in [1.54, 1.807) is 19.2 Å². The van der Waals surface area contributed by atoms with E-state index < -0.39 is 0 Å². The van der Waals surface area contributed by atoms with Crippen LogP contribution in [0.15, 0.2) is 88.5 Å². The number of rotatable bonds is 8. The summed E-state index contributed by atoms with van der Waals surface area (Å²) in [6.45, 7) is 0.571. The van der Waals surface area contributed by atoms with Gasteiger partial charge in [-0.25, -0.2) is 4.39 Å². The molecule has 0 amide bonds. The lowest BCUT2D eigenvalue weighted by molar-refractivity contribution is 0.391. The standard InChI is InChI=1S/C25H20FN5O2S/c1-32-21-9-5-8-19(14-21)23-27-22(33-30-23)16-34-25-29-28-24(18-10-12-20(26)13-11-18)31(25)15-17-6-3-2-4-7-17/h2-14H,15-16H2,1H3. The Labute approximate surface area is 199 Å². The number of halogens is 1. The van der Waals surface area contributed by atoms with Gasteiger partial charge in [0, 0.05) is 11.1 Å². The predicted molar refractivity (Wildman–Crippen MR) is 127 cm³/mol. The fourth-order valence-electron chi connectivity index (χ4n) is 3.44. The van der Waals surface area contributed by atoms with Gasteiger partial charge in [0.2, 0.25) is 11.7 Å². The second-order valence-corrected chi connectivity index (χ2v) is 8.36. The minimum atomic E-state index is -0.296. The summed E-state index contributed by atoms with van der Waals surface area (Å²) in [5.41, 5.74) is 2.70. The van der Waals surface area contributed by atoms with Gasteiger partial charge in [-0.05, 0) is 42.0 Å². The molecule has 0 saturated heterocycles. The van der Waals surface area contributed by atoms with Crippen LogP contribution in [0.5, 0.6) is 5.75 Å².